The molecule has 0 bridgehead atoms. The Morgan fingerprint density at radius 1 is 1.14 bits per heavy atom. The van der Waals surface area contributed by atoms with Crippen molar-refractivity contribution < 1.29 is 0 Å². The zero-order chi connectivity index (χ0) is 15.0. The highest BCUT2D eigenvalue weighted by Crippen LogP contribution is 2.32. The normalized spacial score (nSPS) is 11.2. The molecule has 1 heterocycles. The molecule has 0 aliphatic heterocycles. The van der Waals surface area contributed by atoms with Crippen LogP contribution in [0.25, 0.3) is 16.7 Å². The van der Waals surface area contributed by atoms with Crippen LogP contribution in [0.2, 0.25) is 10.0 Å². The Morgan fingerprint density at radius 2 is 1.95 bits per heavy atom. The molecule has 0 saturated carbocycles. The van der Waals surface area contributed by atoms with E-state index in [2.05, 4.69) is 27.6 Å². The monoisotopic (exact) mass is 450 g/mol. The largest absolute Gasteiger partial charge is 0.295 e. The van der Waals surface area contributed by atoms with E-state index in [0.717, 1.165) is 26.1 Å². The highest BCUT2D eigenvalue weighted by atomic mass is 127. The molecule has 0 spiro atoms. The van der Waals surface area contributed by atoms with Gasteiger partial charge in [0.25, 0.3) is 0 Å². The fourth-order valence-electron chi connectivity index (χ4n) is 2.29. The summed E-state index contributed by atoms with van der Waals surface area (Å²) in [5, 5.41) is 1.05. The Morgan fingerprint density at radius 3 is 2.71 bits per heavy atom. The van der Waals surface area contributed by atoms with Crippen molar-refractivity contribution in [3.63, 3.8) is 0 Å². The lowest BCUT2D eigenvalue weighted by Crippen LogP contribution is -2.03. The molecule has 1 aromatic heterocycles. The van der Waals surface area contributed by atoms with Crippen LogP contribution in [0.5, 0.6) is 0 Å². The number of aryl methyl sites for hydroxylation is 1. The highest BCUT2D eigenvalue weighted by molar-refractivity contribution is 14.1. The maximum atomic E-state index is 6.37. The number of rotatable bonds is 3. The van der Waals surface area contributed by atoms with Gasteiger partial charge >= 0.3 is 0 Å². The van der Waals surface area contributed by atoms with Gasteiger partial charge in [-0.3, -0.25) is 4.57 Å². The van der Waals surface area contributed by atoms with E-state index >= 15 is 0 Å². The molecule has 0 radical (unpaired) electrons. The number of hydrogen-bond acceptors (Lipinski definition) is 1. The van der Waals surface area contributed by atoms with E-state index in [-0.39, 0.29) is 0 Å². The Hall–Kier alpha value is -0.490. The van der Waals surface area contributed by atoms with Gasteiger partial charge in [0.1, 0.15) is 5.82 Å². The lowest BCUT2D eigenvalue weighted by atomic mass is 10.2. The van der Waals surface area contributed by atoms with Crippen LogP contribution in [-0.2, 0) is 6.42 Å². The molecule has 108 valence electrons. The lowest BCUT2D eigenvalue weighted by molar-refractivity contribution is 0.912. The molecule has 0 aliphatic rings. The van der Waals surface area contributed by atoms with E-state index < -0.39 is 0 Å². The quantitative estimate of drug-likeness (QED) is 0.368. The van der Waals surface area contributed by atoms with E-state index in [1.807, 2.05) is 34.9 Å². The first-order chi connectivity index (χ1) is 10.1. The number of hydrogen-bond donors (Lipinski definition) is 0. The van der Waals surface area contributed by atoms with Crippen LogP contribution >= 0.6 is 57.4 Å². The molecule has 0 amide bonds. The summed E-state index contributed by atoms with van der Waals surface area (Å²) in [6.07, 6.45) is 0.662. The smallest absolute Gasteiger partial charge is 0.115 e. The van der Waals surface area contributed by atoms with Crippen molar-refractivity contribution in [2.75, 3.05) is 5.88 Å². The Labute approximate surface area is 151 Å². The minimum absolute atomic E-state index is 0.499. The van der Waals surface area contributed by atoms with E-state index in [1.54, 1.807) is 6.07 Å². The molecule has 0 fully saturated rings. The summed E-state index contributed by atoms with van der Waals surface area (Å²) in [4.78, 5) is 4.68. The van der Waals surface area contributed by atoms with Crippen LogP contribution in [0.1, 0.15) is 5.82 Å². The summed E-state index contributed by atoms with van der Waals surface area (Å²) in [6, 6.07) is 11.7. The summed E-state index contributed by atoms with van der Waals surface area (Å²) in [7, 11) is 0. The second kappa shape index (κ2) is 6.32. The summed E-state index contributed by atoms with van der Waals surface area (Å²) >= 11 is 20.7. The van der Waals surface area contributed by atoms with Gasteiger partial charge in [-0.15, -0.1) is 11.6 Å². The van der Waals surface area contributed by atoms with Gasteiger partial charge in [-0.1, -0.05) is 29.3 Å². The van der Waals surface area contributed by atoms with Gasteiger partial charge in [0.2, 0.25) is 0 Å². The summed E-state index contributed by atoms with van der Waals surface area (Å²) in [5.74, 6) is 1.38. The van der Waals surface area contributed by atoms with E-state index in [9.17, 15) is 0 Å². The molecule has 3 rings (SSSR count). The molecule has 0 aliphatic carbocycles. The van der Waals surface area contributed by atoms with Crippen LogP contribution in [0.15, 0.2) is 36.4 Å². The molecule has 0 atom stereocenters. The minimum Gasteiger partial charge on any atom is -0.295 e. The third-order valence-electron chi connectivity index (χ3n) is 3.18. The fraction of sp³-hybridized carbons (Fsp3) is 0.133. The van der Waals surface area contributed by atoms with Gasteiger partial charge < -0.3 is 0 Å². The predicted molar refractivity (Wildman–Crippen MR) is 98.2 cm³/mol. The van der Waals surface area contributed by atoms with Crippen LogP contribution in [-0.4, -0.2) is 15.4 Å². The lowest BCUT2D eigenvalue weighted by Gasteiger charge is -2.11. The standard InChI is InChI=1S/C15H10Cl3IN2/c16-7-6-14-20-11-8-9(19)4-5-12(11)21(14)13-3-1-2-10(17)15(13)18/h1-5,8H,6-7H2. The topological polar surface area (TPSA) is 17.8 Å². The number of nitrogens with zero attached hydrogens (tertiary/aromatic N) is 2. The molecule has 2 nitrogen and oxygen atoms in total. The van der Waals surface area contributed by atoms with Crippen LogP contribution < -0.4 is 0 Å². The SMILES string of the molecule is ClCCc1nc2cc(I)ccc2n1-c1cccc(Cl)c1Cl. The number of benzene rings is 2. The van der Waals surface area contributed by atoms with Crippen molar-refractivity contribution in [2.45, 2.75) is 6.42 Å². The van der Waals surface area contributed by atoms with Crippen molar-refractivity contribution in [3.8, 4) is 5.69 Å². The molecule has 0 unspecified atom stereocenters. The Bertz CT molecular complexity index is 814. The number of imidazole rings is 1. The van der Waals surface area contributed by atoms with Crippen molar-refractivity contribution in [1.82, 2.24) is 9.55 Å². The van der Waals surface area contributed by atoms with Gasteiger partial charge in [-0.2, -0.15) is 0 Å². The van der Waals surface area contributed by atoms with Gasteiger partial charge in [-0.25, -0.2) is 4.98 Å². The van der Waals surface area contributed by atoms with Gasteiger partial charge in [-0.05, 0) is 52.9 Å². The second-order valence-corrected chi connectivity index (χ2v) is 6.92. The van der Waals surface area contributed by atoms with Crippen LogP contribution in [0.3, 0.4) is 0 Å². The molecule has 3 aromatic rings. The third-order valence-corrected chi connectivity index (χ3v) is 4.85. The molecule has 21 heavy (non-hydrogen) atoms. The highest BCUT2D eigenvalue weighted by Gasteiger charge is 2.15. The molecular formula is C15H10Cl3IN2. The van der Waals surface area contributed by atoms with Gasteiger partial charge in [0, 0.05) is 15.9 Å². The van der Waals surface area contributed by atoms with Gasteiger partial charge in [0.15, 0.2) is 0 Å². The Kier molecular flexibility index (Phi) is 4.64. The summed E-state index contributed by atoms with van der Waals surface area (Å²) in [5.41, 5.74) is 2.76. The maximum Gasteiger partial charge on any atom is 0.115 e. The van der Waals surface area contributed by atoms with Crippen molar-refractivity contribution >= 4 is 68.4 Å². The predicted octanol–water partition coefficient (Wildman–Crippen LogP) is 5.72. The summed E-state index contributed by atoms with van der Waals surface area (Å²) < 4.78 is 3.17. The van der Waals surface area contributed by atoms with Crippen molar-refractivity contribution in [3.05, 3.63) is 55.8 Å². The fourth-order valence-corrected chi connectivity index (χ4v) is 3.31. The van der Waals surface area contributed by atoms with Crippen molar-refractivity contribution in [1.29, 1.82) is 0 Å². The van der Waals surface area contributed by atoms with Gasteiger partial charge in [0.05, 0.1) is 26.8 Å². The van der Waals surface area contributed by atoms with Crippen molar-refractivity contribution in [2.24, 2.45) is 0 Å². The average molecular weight is 452 g/mol. The van der Waals surface area contributed by atoms with E-state index in [4.69, 9.17) is 34.8 Å². The zero-order valence-corrected chi connectivity index (χ0v) is 15.2. The summed E-state index contributed by atoms with van der Waals surface area (Å²) in [6.45, 7) is 0. The average Bonchev–Trinajstić information content (AvgIpc) is 2.79. The second-order valence-electron chi connectivity index (χ2n) is 4.51. The number of fused-ring (bicyclic) bond motifs is 1. The number of halogens is 4. The third kappa shape index (κ3) is 2.89. The number of aromatic nitrogens is 2. The van der Waals surface area contributed by atoms with E-state index in [1.165, 1.54) is 0 Å². The van der Waals surface area contributed by atoms with Crippen LogP contribution in [0.4, 0.5) is 0 Å². The molecular weight excluding hydrogens is 441 g/mol. The molecule has 6 heteroatoms. The number of alkyl halides is 1. The molecule has 0 N–H and O–H groups in total. The molecule has 0 saturated heterocycles. The first-order valence-corrected chi connectivity index (χ1v) is 8.66. The van der Waals surface area contributed by atoms with E-state index in [0.29, 0.717) is 22.3 Å². The first kappa shape index (κ1) is 15.4. The zero-order valence-electron chi connectivity index (χ0n) is 10.8. The first-order valence-electron chi connectivity index (χ1n) is 6.29. The maximum absolute atomic E-state index is 6.37. The van der Waals surface area contributed by atoms with Crippen LogP contribution in [0, 0.1) is 3.57 Å². The molecule has 2 aromatic carbocycles. The Balaban J connectivity index is 2.33. The minimum atomic E-state index is 0.499.